The highest BCUT2D eigenvalue weighted by Gasteiger charge is 2.34. The van der Waals surface area contributed by atoms with E-state index in [1.54, 1.807) is 0 Å². The van der Waals surface area contributed by atoms with E-state index in [4.69, 9.17) is 5.73 Å². The van der Waals surface area contributed by atoms with E-state index in [9.17, 15) is 4.79 Å². The van der Waals surface area contributed by atoms with Crippen LogP contribution in [-0.2, 0) is 4.79 Å². The number of amides is 1. The predicted octanol–water partition coefficient (Wildman–Crippen LogP) is 0.279. The van der Waals surface area contributed by atoms with E-state index in [1.165, 1.54) is 6.42 Å². The van der Waals surface area contributed by atoms with Crippen LogP contribution in [0.5, 0.6) is 0 Å². The van der Waals surface area contributed by atoms with Gasteiger partial charge in [-0.15, -0.1) is 0 Å². The lowest BCUT2D eigenvalue weighted by atomic mass is 10.2. The largest absolute Gasteiger partial charge is 0.340 e. The molecule has 0 spiro atoms. The summed E-state index contributed by atoms with van der Waals surface area (Å²) in [6.45, 7) is 5.88. The van der Waals surface area contributed by atoms with E-state index in [1.807, 2.05) is 0 Å². The molecule has 1 amide bonds. The number of piperazine rings is 1. The van der Waals surface area contributed by atoms with E-state index in [2.05, 4.69) is 9.80 Å². The summed E-state index contributed by atoms with van der Waals surface area (Å²) in [7, 11) is 0. The third kappa shape index (κ3) is 3.19. The second-order valence-electron chi connectivity index (χ2n) is 4.94. The van der Waals surface area contributed by atoms with Crippen LogP contribution in [0.2, 0.25) is 0 Å². The molecule has 0 bridgehead atoms. The summed E-state index contributed by atoms with van der Waals surface area (Å²) in [4.78, 5) is 16.3. The molecule has 0 atom stereocenters. The Morgan fingerprint density at radius 3 is 2.38 bits per heavy atom. The summed E-state index contributed by atoms with van der Waals surface area (Å²) >= 11 is 0. The molecule has 2 aliphatic rings. The Bertz CT molecular complexity index is 232. The summed E-state index contributed by atoms with van der Waals surface area (Å²) in [6, 6.07) is 0. The van der Waals surface area contributed by atoms with Gasteiger partial charge in [0.15, 0.2) is 0 Å². The quantitative estimate of drug-likeness (QED) is 0.684. The van der Waals surface area contributed by atoms with Crippen LogP contribution in [0.1, 0.15) is 25.7 Å². The highest BCUT2D eigenvalue weighted by atomic mass is 16.2. The Morgan fingerprint density at radius 1 is 1.12 bits per heavy atom. The molecule has 0 radical (unpaired) electrons. The maximum absolute atomic E-state index is 11.8. The number of nitrogens with two attached hydrogens (primary N) is 1. The molecule has 4 nitrogen and oxygen atoms in total. The Balaban J connectivity index is 1.63. The first kappa shape index (κ1) is 11.9. The standard InChI is InChI=1S/C12H23N3O/c13-5-1-2-6-14-7-9-15(10-8-14)12(16)11-3-4-11/h11H,1-10,13H2. The molecular formula is C12H23N3O. The summed E-state index contributed by atoms with van der Waals surface area (Å²) < 4.78 is 0. The van der Waals surface area contributed by atoms with Gasteiger partial charge < -0.3 is 10.6 Å². The van der Waals surface area contributed by atoms with Crippen LogP contribution in [0, 0.1) is 5.92 Å². The fraction of sp³-hybridized carbons (Fsp3) is 0.917. The number of hydrogen-bond donors (Lipinski definition) is 1. The molecular weight excluding hydrogens is 202 g/mol. The van der Waals surface area contributed by atoms with Gasteiger partial charge in [-0.2, -0.15) is 0 Å². The average molecular weight is 225 g/mol. The second kappa shape index (κ2) is 5.64. The molecule has 0 unspecified atom stereocenters. The third-order valence-corrected chi connectivity index (χ3v) is 3.54. The smallest absolute Gasteiger partial charge is 0.225 e. The average Bonchev–Trinajstić information content (AvgIpc) is 3.13. The summed E-state index contributed by atoms with van der Waals surface area (Å²) in [5.74, 6) is 0.783. The predicted molar refractivity (Wildman–Crippen MR) is 64.0 cm³/mol. The topological polar surface area (TPSA) is 49.6 Å². The van der Waals surface area contributed by atoms with Gasteiger partial charge in [0, 0.05) is 32.1 Å². The first-order valence-corrected chi connectivity index (χ1v) is 6.52. The molecule has 2 fully saturated rings. The number of hydrogen-bond acceptors (Lipinski definition) is 3. The molecule has 1 saturated heterocycles. The van der Waals surface area contributed by atoms with Crippen molar-refractivity contribution >= 4 is 5.91 Å². The Labute approximate surface area is 97.8 Å². The minimum atomic E-state index is 0.379. The molecule has 16 heavy (non-hydrogen) atoms. The van der Waals surface area contributed by atoms with Crippen molar-refractivity contribution in [2.75, 3.05) is 39.3 Å². The van der Waals surface area contributed by atoms with Gasteiger partial charge in [-0.25, -0.2) is 0 Å². The first-order chi connectivity index (χ1) is 7.81. The fourth-order valence-corrected chi connectivity index (χ4v) is 2.26. The van der Waals surface area contributed by atoms with E-state index in [0.717, 1.165) is 58.5 Å². The van der Waals surface area contributed by atoms with Gasteiger partial charge in [-0.1, -0.05) is 0 Å². The van der Waals surface area contributed by atoms with Gasteiger partial charge in [-0.05, 0) is 38.8 Å². The van der Waals surface area contributed by atoms with Gasteiger partial charge >= 0.3 is 0 Å². The van der Waals surface area contributed by atoms with Gasteiger partial charge in [0.25, 0.3) is 0 Å². The van der Waals surface area contributed by atoms with Crippen molar-refractivity contribution in [3.63, 3.8) is 0 Å². The van der Waals surface area contributed by atoms with Crippen LogP contribution in [0.25, 0.3) is 0 Å². The SMILES string of the molecule is NCCCCN1CCN(C(=O)C2CC2)CC1. The summed E-state index contributed by atoms with van der Waals surface area (Å²) in [5, 5.41) is 0. The molecule has 0 aromatic heterocycles. The van der Waals surface area contributed by atoms with E-state index >= 15 is 0 Å². The van der Waals surface area contributed by atoms with E-state index in [0.29, 0.717) is 11.8 Å². The maximum Gasteiger partial charge on any atom is 0.225 e. The number of unbranched alkanes of at least 4 members (excludes halogenated alkanes) is 1. The second-order valence-corrected chi connectivity index (χ2v) is 4.94. The van der Waals surface area contributed by atoms with Crippen LogP contribution in [-0.4, -0.2) is 55.0 Å². The lowest BCUT2D eigenvalue weighted by molar-refractivity contribution is -0.134. The zero-order valence-corrected chi connectivity index (χ0v) is 10.0. The Kier molecular flexibility index (Phi) is 4.18. The van der Waals surface area contributed by atoms with Crippen LogP contribution in [0.4, 0.5) is 0 Å². The van der Waals surface area contributed by atoms with Crippen molar-refractivity contribution in [3.8, 4) is 0 Å². The third-order valence-electron chi connectivity index (χ3n) is 3.54. The maximum atomic E-state index is 11.8. The molecule has 92 valence electrons. The molecule has 1 saturated carbocycles. The van der Waals surface area contributed by atoms with E-state index < -0.39 is 0 Å². The molecule has 4 heteroatoms. The highest BCUT2D eigenvalue weighted by Crippen LogP contribution is 2.31. The first-order valence-electron chi connectivity index (χ1n) is 6.52. The van der Waals surface area contributed by atoms with Gasteiger partial charge in [0.05, 0.1) is 0 Å². The zero-order valence-electron chi connectivity index (χ0n) is 10.0. The van der Waals surface area contributed by atoms with Crippen LogP contribution in [0.15, 0.2) is 0 Å². The van der Waals surface area contributed by atoms with Crippen molar-refractivity contribution < 1.29 is 4.79 Å². The van der Waals surface area contributed by atoms with Gasteiger partial charge in [0.1, 0.15) is 0 Å². The van der Waals surface area contributed by atoms with E-state index in [-0.39, 0.29) is 0 Å². The van der Waals surface area contributed by atoms with Crippen molar-refractivity contribution in [3.05, 3.63) is 0 Å². The minimum absolute atomic E-state index is 0.379. The molecule has 2 N–H and O–H groups in total. The fourth-order valence-electron chi connectivity index (χ4n) is 2.26. The molecule has 2 rings (SSSR count). The van der Waals surface area contributed by atoms with Crippen molar-refractivity contribution in [2.24, 2.45) is 11.7 Å². The van der Waals surface area contributed by atoms with Crippen LogP contribution < -0.4 is 5.73 Å². The lowest BCUT2D eigenvalue weighted by Crippen LogP contribution is -2.49. The van der Waals surface area contributed by atoms with Gasteiger partial charge in [-0.3, -0.25) is 9.69 Å². The zero-order chi connectivity index (χ0) is 11.4. The molecule has 1 aliphatic carbocycles. The summed E-state index contributed by atoms with van der Waals surface area (Å²) in [5.41, 5.74) is 5.47. The van der Waals surface area contributed by atoms with Crippen molar-refractivity contribution in [1.82, 2.24) is 9.80 Å². The van der Waals surface area contributed by atoms with Gasteiger partial charge in [0.2, 0.25) is 5.91 Å². The summed E-state index contributed by atoms with van der Waals surface area (Å²) in [6.07, 6.45) is 4.54. The molecule has 1 aliphatic heterocycles. The lowest BCUT2D eigenvalue weighted by Gasteiger charge is -2.34. The number of nitrogens with zero attached hydrogens (tertiary/aromatic N) is 2. The minimum Gasteiger partial charge on any atom is -0.340 e. The normalized spacial score (nSPS) is 22.4. The Morgan fingerprint density at radius 2 is 1.81 bits per heavy atom. The highest BCUT2D eigenvalue weighted by molar-refractivity contribution is 5.81. The molecule has 1 heterocycles. The van der Waals surface area contributed by atoms with Crippen LogP contribution >= 0.6 is 0 Å². The number of carbonyl (C=O) groups is 1. The Hall–Kier alpha value is -0.610. The van der Waals surface area contributed by atoms with Crippen molar-refractivity contribution in [2.45, 2.75) is 25.7 Å². The molecule has 0 aromatic rings. The van der Waals surface area contributed by atoms with Crippen LogP contribution in [0.3, 0.4) is 0 Å². The van der Waals surface area contributed by atoms with Crippen molar-refractivity contribution in [1.29, 1.82) is 0 Å². The number of carbonyl (C=O) groups excluding carboxylic acids is 1. The number of rotatable bonds is 5. The monoisotopic (exact) mass is 225 g/mol. The molecule has 0 aromatic carbocycles.